The number of rotatable bonds is 4. The summed E-state index contributed by atoms with van der Waals surface area (Å²) >= 11 is 0. The summed E-state index contributed by atoms with van der Waals surface area (Å²) in [6, 6.07) is 13.6. The quantitative estimate of drug-likeness (QED) is 0.880. The largest absolute Gasteiger partial charge is 0.385 e. The van der Waals surface area contributed by atoms with Crippen molar-refractivity contribution in [1.82, 2.24) is 0 Å². The van der Waals surface area contributed by atoms with Crippen molar-refractivity contribution in [3.63, 3.8) is 0 Å². The number of benzene rings is 2. The van der Waals surface area contributed by atoms with Gasteiger partial charge in [-0.05, 0) is 56.2 Å². The molecule has 1 amide bonds. The lowest BCUT2D eigenvalue weighted by Gasteiger charge is -2.12. The molecule has 3 heteroatoms. The maximum atomic E-state index is 12.4. The van der Waals surface area contributed by atoms with Gasteiger partial charge in [-0.3, -0.25) is 4.79 Å². The van der Waals surface area contributed by atoms with Crippen molar-refractivity contribution in [3.05, 3.63) is 59.2 Å². The first-order chi connectivity index (χ1) is 9.60. The van der Waals surface area contributed by atoms with Crippen LogP contribution in [0.3, 0.4) is 0 Å². The summed E-state index contributed by atoms with van der Waals surface area (Å²) in [6.45, 7) is 6.84. The van der Waals surface area contributed by atoms with E-state index < -0.39 is 0 Å². The van der Waals surface area contributed by atoms with Gasteiger partial charge in [0.2, 0.25) is 0 Å². The minimum atomic E-state index is -0.0912. The van der Waals surface area contributed by atoms with Crippen molar-refractivity contribution in [1.29, 1.82) is 0 Å². The lowest BCUT2D eigenvalue weighted by molar-refractivity contribution is 0.102. The van der Waals surface area contributed by atoms with Crippen molar-refractivity contribution in [3.8, 4) is 0 Å². The van der Waals surface area contributed by atoms with E-state index in [0.29, 0.717) is 5.56 Å². The van der Waals surface area contributed by atoms with E-state index in [1.165, 1.54) is 0 Å². The number of hydrogen-bond acceptors (Lipinski definition) is 2. The van der Waals surface area contributed by atoms with Gasteiger partial charge < -0.3 is 10.6 Å². The number of aryl methyl sites for hydroxylation is 2. The number of nitrogens with one attached hydrogen (secondary N) is 2. The number of carbonyl (C=O) groups is 1. The van der Waals surface area contributed by atoms with E-state index in [-0.39, 0.29) is 5.91 Å². The Bertz CT molecular complexity index is 600. The molecule has 0 fully saturated rings. The Kier molecular flexibility index (Phi) is 4.41. The van der Waals surface area contributed by atoms with Gasteiger partial charge in [0.15, 0.2) is 0 Å². The fourth-order valence-corrected chi connectivity index (χ4v) is 2.27. The van der Waals surface area contributed by atoms with E-state index >= 15 is 0 Å². The number of anilines is 2. The molecule has 104 valence electrons. The molecule has 0 heterocycles. The highest BCUT2D eigenvalue weighted by Crippen LogP contribution is 2.19. The molecular formula is C17H20N2O. The van der Waals surface area contributed by atoms with E-state index in [0.717, 1.165) is 29.0 Å². The van der Waals surface area contributed by atoms with Crippen LogP contribution in [0.1, 0.15) is 28.4 Å². The molecule has 20 heavy (non-hydrogen) atoms. The second-order valence-corrected chi connectivity index (χ2v) is 4.91. The average molecular weight is 268 g/mol. The van der Waals surface area contributed by atoms with Crippen LogP contribution in [0.5, 0.6) is 0 Å². The predicted octanol–water partition coefficient (Wildman–Crippen LogP) is 3.99. The Morgan fingerprint density at radius 2 is 1.70 bits per heavy atom. The van der Waals surface area contributed by atoms with E-state index in [1.807, 2.05) is 57.2 Å². The zero-order chi connectivity index (χ0) is 14.5. The first kappa shape index (κ1) is 14.1. The topological polar surface area (TPSA) is 41.1 Å². The molecule has 0 atom stereocenters. The van der Waals surface area contributed by atoms with Crippen LogP contribution in [-0.4, -0.2) is 12.5 Å². The summed E-state index contributed by atoms with van der Waals surface area (Å²) in [5.41, 5.74) is 4.63. The molecule has 0 saturated carbocycles. The molecule has 0 aliphatic rings. The highest BCUT2D eigenvalue weighted by atomic mass is 16.1. The van der Waals surface area contributed by atoms with Crippen molar-refractivity contribution in [2.75, 3.05) is 17.2 Å². The van der Waals surface area contributed by atoms with Gasteiger partial charge in [0.1, 0.15) is 0 Å². The zero-order valence-electron chi connectivity index (χ0n) is 12.2. The molecule has 0 saturated heterocycles. The third-order valence-corrected chi connectivity index (χ3v) is 3.02. The first-order valence-electron chi connectivity index (χ1n) is 6.82. The maximum Gasteiger partial charge on any atom is 0.257 e. The fourth-order valence-electron chi connectivity index (χ4n) is 2.27. The Hall–Kier alpha value is -2.29. The van der Waals surface area contributed by atoms with Crippen molar-refractivity contribution in [2.45, 2.75) is 20.8 Å². The molecule has 2 rings (SSSR count). The molecule has 0 radical (unpaired) electrons. The van der Waals surface area contributed by atoms with Crippen molar-refractivity contribution >= 4 is 17.3 Å². The minimum Gasteiger partial charge on any atom is -0.385 e. The van der Waals surface area contributed by atoms with Crippen LogP contribution >= 0.6 is 0 Å². The summed E-state index contributed by atoms with van der Waals surface area (Å²) < 4.78 is 0. The smallest absolute Gasteiger partial charge is 0.257 e. The third-order valence-electron chi connectivity index (χ3n) is 3.02. The standard InChI is InChI=1S/C17H20N2O/c1-4-18-16-8-6-5-7-15(16)17(20)19-14-10-12(2)9-13(3)11-14/h5-11,18H,4H2,1-3H3,(H,19,20). The highest BCUT2D eigenvalue weighted by Gasteiger charge is 2.10. The predicted molar refractivity (Wildman–Crippen MR) is 84.5 cm³/mol. The van der Waals surface area contributed by atoms with Crippen LogP contribution in [0.4, 0.5) is 11.4 Å². The first-order valence-corrected chi connectivity index (χ1v) is 6.82. The van der Waals surface area contributed by atoms with Crippen molar-refractivity contribution < 1.29 is 4.79 Å². The fraction of sp³-hybridized carbons (Fsp3) is 0.235. The minimum absolute atomic E-state index is 0.0912. The molecule has 0 aliphatic heterocycles. The Labute approximate surface area is 120 Å². The molecule has 0 unspecified atom stereocenters. The molecule has 2 aromatic rings. The molecule has 0 spiro atoms. The van der Waals surface area contributed by atoms with Crippen LogP contribution in [-0.2, 0) is 0 Å². The van der Waals surface area contributed by atoms with E-state index in [2.05, 4.69) is 16.7 Å². The number of hydrogen-bond donors (Lipinski definition) is 2. The Morgan fingerprint density at radius 3 is 2.35 bits per heavy atom. The Balaban J connectivity index is 2.23. The van der Waals surface area contributed by atoms with E-state index in [9.17, 15) is 4.79 Å². The summed E-state index contributed by atoms with van der Waals surface area (Å²) in [4.78, 5) is 12.4. The van der Waals surface area contributed by atoms with Gasteiger partial charge in [0, 0.05) is 17.9 Å². The number of amides is 1. The number of carbonyl (C=O) groups excluding carboxylic acids is 1. The summed E-state index contributed by atoms with van der Waals surface area (Å²) in [6.07, 6.45) is 0. The summed E-state index contributed by atoms with van der Waals surface area (Å²) in [5.74, 6) is -0.0912. The monoisotopic (exact) mass is 268 g/mol. The zero-order valence-corrected chi connectivity index (χ0v) is 12.2. The van der Waals surface area contributed by atoms with Crippen LogP contribution < -0.4 is 10.6 Å². The maximum absolute atomic E-state index is 12.4. The van der Waals surface area contributed by atoms with Crippen molar-refractivity contribution in [2.24, 2.45) is 0 Å². The van der Waals surface area contributed by atoms with Crippen LogP contribution in [0.25, 0.3) is 0 Å². The van der Waals surface area contributed by atoms with Gasteiger partial charge >= 0.3 is 0 Å². The van der Waals surface area contributed by atoms with Gasteiger partial charge in [-0.2, -0.15) is 0 Å². The lowest BCUT2D eigenvalue weighted by atomic mass is 10.1. The SMILES string of the molecule is CCNc1ccccc1C(=O)Nc1cc(C)cc(C)c1. The summed E-state index contributed by atoms with van der Waals surface area (Å²) in [7, 11) is 0. The van der Waals surface area contributed by atoms with Gasteiger partial charge in [-0.25, -0.2) is 0 Å². The van der Waals surface area contributed by atoms with Gasteiger partial charge in [-0.15, -0.1) is 0 Å². The lowest BCUT2D eigenvalue weighted by Crippen LogP contribution is -2.14. The normalized spacial score (nSPS) is 10.2. The van der Waals surface area contributed by atoms with Gasteiger partial charge in [-0.1, -0.05) is 18.2 Å². The summed E-state index contributed by atoms with van der Waals surface area (Å²) in [5, 5.41) is 6.16. The van der Waals surface area contributed by atoms with Crippen LogP contribution in [0, 0.1) is 13.8 Å². The van der Waals surface area contributed by atoms with E-state index in [4.69, 9.17) is 0 Å². The second kappa shape index (κ2) is 6.24. The van der Waals surface area contributed by atoms with Gasteiger partial charge in [0.25, 0.3) is 5.91 Å². The molecule has 0 aliphatic carbocycles. The third kappa shape index (κ3) is 3.38. The molecule has 0 bridgehead atoms. The molecule has 2 N–H and O–H groups in total. The molecule has 2 aromatic carbocycles. The molecular weight excluding hydrogens is 248 g/mol. The van der Waals surface area contributed by atoms with Crippen LogP contribution in [0.2, 0.25) is 0 Å². The van der Waals surface area contributed by atoms with Crippen LogP contribution in [0.15, 0.2) is 42.5 Å². The molecule has 3 nitrogen and oxygen atoms in total. The van der Waals surface area contributed by atoms with E-state index in [1.54, 1.807) is 0 Å². The number of para-hydroxylation sites is 1. The molecule has 0 aromatic heterocycles. The average Bonchev–Trinajstić information content (AvgIpc) is 2.38. The van der Waals surface area contributed by atoms with Gasteiger partial charge in [0.05, 0.1) is 5.56 Å². The highest BCUT2D eigenvalue weighted by molar-refractivity contribution is 6.08. The second-order valence-electron chi connectivity index (χ2n) is 4.91. The Morgan fingerprint density at radius 1 is 1.05 bits per heavy atom.